The number of rotatable bonds is 4. The minimum absolute atomic E-state index is 0.660. The lowest BCUT2D eigenvalue weighted by molar-refractivity contribution is 0.833. The van der Waals surface area contributed by atoms with Crippen molar-refractivity contribution in [2.24, 2.45) is 0 Å². The molecule has 0 aliphatic heterocycles. The second-order valence-electron chi connectivity index (χ2n) is 4.31. The molecule has 0 aliphatic carbocycles. The number of alkyl halides is 1. The Hall–Kier alpha value is -1.54. The molecule has 0 atom stereocenters. The number of hydrogen-bond acceptors (Lipinski definition) is 1. The number of nitrogens with zero attached hydrogens (tertiary/aromatic N) is 2. The third kappa shape index (κ3) is 3.02. The Labute approximate surface area is 113 Å². The van der Waals surface area contributed by atoms with Crippen LogP contribution in [0, 0.1) is 13.8 Å². The molecular weight excluding hydrogens is 244 g/mol. The van der Waals surface area contributed by atoms with Gasteiger partial charge in [0.25, 0.3) is 0 Å². The molecule has 18 heavy (non-hydrogen) atoms. The standard InChI is InChI=1S/C15H17ClN2/c1-12-10-13(2)18(17-12)15-8-5-7-14(11-15)6-3-4-9-16/h3,5-8,10-11H,4,9H2,1-2H3. The summed E-state index contributed by atoms with van der Waals surface area (Å²) in [6, 6.07) is 10.4. The van der Waals surface area contributed by atoms with Gasteiger partial charge in [-0.25, -0.2) is 4.68 Å². The van der Waals surface area contributed by atoms with E-state index in [1.807, 2.05) is 17.7 Å². The van der Waals surface area contributed by atoms with E-state index in [0.29, 0.717) is 5.88 Å². The maximum Gasteiger partial charge on any atom is 0.0654 e. The summed E-state index contributed by atoms with van der Waals surface area (Å²) in [4.78, 5) is 0. The van der Waals surface area contributed by atoms with Crippen molar-refractivity contribution in [1.82, 2.24) is 9.78 Å². The summed E-state index contributed by atoms with van der Waals surface area (Å²) in [6.07, 6.45) is 5.08. The monoisotopic (exact) mass is 260 g/mol. The zero-order valence-electron chi connectivity index (χ0n) is 10.7. The van der Waals surface area contributed by atoms with Crippen molar-refractivity contribution in [3.05, 3.63) is 53.4 Å². The van der Waals surface area contributed by atoms with E-state index in [1.165, 1.54) is 5.56 Å². The van der Waals surface area contributed by atoms with Gasteiger partial charge in [0.05, 0.1) is 11.4 Å². The Bertz CT molecular complexity index is 555. The lowest BCUT2D eigenvalue weighted by atomic mass is 10.2. The minimum Gasteiger partial charge on any atom is -0.238 e. The Morgan fingerprint density at radius 2 is 2.11 bits per heavy atom. The van der Waals surface area contributed by atoms with Crippen LogP contribution in [-0.4, -0.2) is 15.7 Å². The normalized spacial score (nSPS) is 11.3. The van der Waals surface area contributed by atoms with Crippen molar-refractivity contribution >= 4 is 17.7 Å². The molecule has 0 aliphatic rings. The Morgan fingerprint density at radius 1 is 1.28 bits per heavy atom. The van der Waals surface area contributed by atoms with Crippen LogP contribution in [0.4, 0.5) is 0 Å². The zero-order valence-corrected chi connectivity index (χ0v) is 11.5. The number of halogens is 1. The Morgan fingerprint density at radius 3 is 2.78 bits per heavy atom. The molecule has 94 valence electrons. The first kappa shape index (κ1) is 12.9. The van der Waals surface area contributed by atoms with Crippen LogP contribution >= 0.6 is 11.6 Å². The average molecular weight is 261 g/mol. The van der Waals surface area contributed by atoms with Crippen molar-refractivity contribution in [1.29, 1.82) is 0 Å². The molecule has 2 nitrogen and oxygen atoms in total. The first-order chi connectivity index (χ1) is 8.70. The van der Waals surface area contributed by atoms with Gasteiger partial charge in [0.15, 0.2) is 0 Å². The molecule has 0 bridgehead atoms. The molecular formula is C15H17ClN2. The summed E-state index contributed by atoms with van der Waals surface area (Å²) in [7, 11) is 0. The van der Waals surface area contributed by atoms with Gasteiger partial charge in [-0.2, -0.15) is 5.10 Å². The van der Waals surface area contributed by atoms with Crippen LogP contribution in [0.2, 0.25) is 0 Å². The van der Waals surface area contributed by atoms with E-state index in [9.17, 15) is 0 Å². The molecule has 0 fully saturated rings. The Kier molecular flexibility index (Phi) is 4.21. The minimum atomic E-state index is 0.660. The molecule has 2 rings (SSSR count). The summed E-state index contributed by atoms with van der Waals surface area (Å²) in [6.45, 7) is 4.07. The van der Waals surface area contributed by atoms with Crippen molar-refractivity contribution in [3.63, 3.8) is 0 Å². The highest BCUT2D eigenvalue weighted by molar-refractivity contribution is 6.17. The van der Waals surface area contributed by atoms with Gasteiger partial charge >= 0.3 is 0 Å². The van der Waals surface area contributed by atoms with Gasteiger partial charge in [-0.15, -0.1) is 11.6 Å². The molecule has 0 saturated heterocycles. The van der Waals surface area contributed by atoms with Gasteiger partial charge in [-0.05, 0) is 44.0 Å². The molecule has 0 amide bonds. The van der Waals surface area contributed by atoms with E-state index in [2.05, 4.69) is 48.4 Å². The van der Waals surface area contributed by atoms with E-state index in [4.69, 9.17) is 11.6 Å². The highest BCUT2D eigenvalue weighted by Gasteiger charge is 2.03. The first-order valence-corrected chi connectivity index (χ1v) is 6.60. The van der Waals surface area contributed by atoms with Crippen molar-refractivity contribution in [3.8, 4) is 5.69 Å². The number of hydrogen-bond donors (Lipinski definition) is 0. The first-order valence-electron chi connectivity index (χ1n) is 6.07. The van der Waals surface area contributed by atoms with Crippen LogP contribution in [0.1, 0.15) is 23.4 Å². The van der Waals surface area contributed by atoms with Crippen LogP contribution < -0.4 is 0 Å². The molecule has 1 aromatic carbocycles. The van der Waals surface area contributed by atoms with Gasteiger partial charge in [0.1, 0.15) is 0 Å². The third-order valence-corrected chi connectivity index (χ3v) is 2.93. The average Bonchev–Trinajstić information content (AvgIpc) is 2.69. The van der Waals surface area contributed by atoms with Crippen LogP contribution in [0.25, 0.3) is 11.8 Å². The third-order valence-electron chi connectivity index (χ3n) is 2.71. The summed E-state index contributed by atoms with van der Waals surface area (Å²) in [5.41, 5.74) is 4.45. The fourth-order valence-corrected chi connectivity index (χ4v) is 2.06. The molecule has 0 N–H and O–H groups in total. The quantitative estimate of drug-likeness (QED) is 0.756. The van der Waals surface area contributed by atoms with Crippen LogP contribution in [0.3, 0.4) is 0 Å². The predicted molar refractivity (Wildman–Crippen MR) is 77.4 cm³/mol. The molecule has 0 radical (unpaired) electrons. The molecule has 3 heteroatoms. The fraction of sp³-hybridized carbons (Fsp3) is 0.267. The number of allylic oxidation sites excluding steroid dienone is 1. The van der Waals surface area contributed by atoms with Gasteiger partial charge in [-0.3, -0.25) is 0 Å². The maximum absolute atomic E-state index is 5.65. The number of benzene rings is 1. The largest absolute Gasteiger partial charge is 0.238 e. The molecule has 0 saturated carbocycles. The fourth-order valence-electron chi connectivity index (χ4n) is 1.93. The SMILES string of the molecule is Cc1cc(C)n(-c2cccc(C=CCCCl)c2)n1. The molecule has 0 spiro atoms. The zero-order chi connectivity index (χ0) is 13.0. The van der Waals surface area contributed by atoms with Gasteiger partial charge in [-0.1, -0.05) is 24.3 Å². The summed E-state index contributed by atoms with van der Waals surface area (Å²) in [5.74, 6) is 0.660. The lowest BCUT2D eigenvalue weighted by Gasteiger charge is -2.05. The highest BCUT2D eigenvalue weighted by atomic mass is 35.5. The van der Waals surface area contributed by atoms with Crippen molar-refractivity contribution in [2.75, 3.05) is 5.88 Å². The van der Waals surface area contributed by atoms with E-state index in [-0.39, 0.29) is 0 Å². The van der Waals surface area contributed by atoms with Crippen molar-refractivity contribution in [2.45, 2.75) is 20.3 Å². The molecule has 1 aromatic heterocycles. The molecule has 1 heterocycles. The topological polar surface area (TPSA) is 17.8 Å². The molecule has 0 unspecified atom stereocenters. The smallest absolute Gasteiger partial charge is 0.0654 e. The van der Waals surface area contributed by atoms with Gasteiger partial charge < -0.3 is 0 Å². The van der Waals surface area contributed by atoms with E-state index >= 15 is 0 Å². The van der Waals surface area contributed by atoms with Gasteiger partial charge in [0, 0.05) is 11.6 Å². The maximum atomic E-state index is 5.65. The highest BCUT2D eigenvalue weighted by Crippen LogP contribution is 2.14. The van der Waals surface area contributed by atoms with Crippen LogP contribution in [0.5, 0.6) is 0 Å². The van der Waals surface area contributed by atoms with E-state index < -0.39 is 0 Å². The molecule has 2 aromatic rings. The van der Waals surface area contributed by atoms with Crippen LogP contribution in [0.15, 0.2) is 36.4 Å². The van der Waals surface area contributed by atoms with Crippen LogP contribution in [-0.2, 0) is 0 Å². The second-order valence-corrected chi connectivity index (χ2v) is 4.69. The van der Waals surface area contributed by atoms with Gasteiger partial charge in [0.2, 0.25) is 0 Å². The summed E-state index contributed by atoms with van der Waals surface area (Å²) < 4.78 is 1.97. The summed E-state index contributed by atoms with van der Waals surface area (Å²) in [5, 5.41) is 4.49. The number of aromatic nitrogens is 2. The second kappa shape index (κ2) is 5.87. The lowest BCUT2D eigenvalue weighted by Crippen LogP contribution is -1.98. The Balaban J connectivity index is 2.29. The van der Waals surface area contributed by atoms with E-state index in [0.717, 1.165) is 23.5 Å². The van der Waals surface area contributed by atoms with E-state index in [1.54, 1.807) is 0 Å². The number of aryl methyl sites for hydroxylation is 2. The predicted octanol–water partition coefficient (Wildman–Crippen LogP) is 4.13. The summed E-state index contributed by atoms with van der Waals surface area (Å²) >= 11 is 5.65. The van der Waals surface area contributed by atoms with Crippen molar-refractivity contribution < 1.29 is 0 Å².